The number of oxazole rings is 1. The van der Waals surface area contributed by atoms with E-state index in [-0.39, 0.29) is 6.61 Å². The van der Waals surface area contributed by atoms with Crippen LogP contribution in [0.1, 0.15) is 55.5 Å². The predicted molar refractivity (Wildman–Crippen MR) is 85.6 cm³/mol. The van der Waals surface area contributed by atoms with Crippen molar-refractivity contribution in [1.29, 1.82) is 0 Å². The summed E-state index contributed by atoms with van der Waals surface area (Å²) in [5.41, 5.74) is 1.77. The van der Waals surface area contributed by atoms with Crippen molar-refractivity contribution >= 4 is 12.2 Å². The fourth-order valence-corrected chi connectivity index (χ4v) is 2.24. The van der Waals surface area contributed by atoms with Crippen LogP contribution in [0.25, 0.3) is 12.2 Å². The molecule has 0 saturated carbocycles. The maximum Gasteiger partial charge on any atom is 0.219 e. The second-order valence-electron chi connectivity index (χ2n) is 5.13. The smallest absolute Gasteiger partial charge is 0.219 e. The molecular weight excluding hydrogens is 262 g/mol. The van der Waals surface area contributed by atoms with Crippen LogP contribution in [0.2, 0.25) is 0 Å². The Labute approximate surface area is 126 Å². The molecule has 1 heterocycles. The first-order valence-corrected chi connectivity index (χ1v) is 7.66. The summed E-state index contributed by atoms with van der Waals surface area (Å²) in [4.78, 5) is 4.34. The molecule has 0 bridgehead atoms. The average Bonchev–Trinajstić information content (AvgIpc) is 2.93. The van der Waals surface area contributed by atoms with E-state index in [0.29, 0.717) is 11.6 Å². The molecule has 0 saturated heterocycles. The van der Waals surface area contributed by atoms with Gasteiger partial charge in [0.25, 0.3) is 0 Å². The largest absolute Gasteiger partial charge is 0.441 e. The molecule has 0 amide bonds. The van der Waals surface area contributed by atoms with Gasteiger partial charge in [-0.15, -0.1) is 0 Å². The van der Waals surface area contributed by atoms with Gasteiger partial charge in [-0.3, -0.25) is 0 Å². The van der Waals surface area contributed by atoms with E-state index in [9.17, 15) is 5.11 Å². The maximum atomic E-state index is 9.37. The Bertz CT molecular complexity index is 558. The SMILES string of the molecule is CCCCCCc1oc(C=Cc2ccccc2)nc1CO. The van der Waals surface area contributed by atoms with E-state index in [2.05, 4.69) is 11.9 Å². The zero-order valence-electron chi connectivity index (χ0n) is 12.6. The molecule has 0 spiro atoms. The topological polar surface area (TPSA) is 46.3 Å². The zero-order valence-corrected chi connectivity index (χ0v) is 12.6. The Balaban J connectivity index is 2.00. The lowest BCUT2D eigenvalue weighted by Gasteiger charge is -1.98. The van der Waals surface area contributed by atoms with Gasteiger partial charge in [-0.05, 0) is 18.1 Å². The third-order valence-corrected chi connectivity index (χ3v) is 3.42. The summed E-state index contributed by atoms with van der Waals surface area (Å²) in [6.07, 6.45) is 9.40. The summed E-state index contributed by atoms with van der Waals surface area (Å²) in [6.45, 7) is 2.13. The monoisotopic (exact) mass is 285 g/mol. The van der Waals surface area contributed by atoms with Gasteiger partial charge < -0.3 is 9.52 Å². The Kier molecular flexibility index (Phi) is 6.22. The van der Waals surface area contributed by atoms with Gasteiger partial charge in [0.1, 0.15) is 11.5 Å². The molecule has 0 atom stereocenters. The van der Waals surface area contributed by atoms with Gasteiger partial charge in [0, 0.05) is 12.5 Å². The molecule has 3 nitrogen and oxygen atoms in total. The Hall–Kier alpha value is -1.87. The first-order chi connectivity index (χ1) is 10.3. The van der Waals surface area contributed by atoms with Crippen LogP contribution in [0.15, 0.2) is 34.7 Å². The summed E-state index contributed by atoms with van der Waals surface area (Å²) in [6, 6.07) is 10.0. The molecule has 1 aromatic heterocycles. The first kappa shape index (κ1) is 15.5. The van der Waals surface area contributed by atoms with Crippen LogP contribution in [0.5, 0.6) is 0 Å². The highest BCUT2D eigenvalue weighted by Crippen LogP contribution is 2.17. The summed E-state index contributed by atoms with van der Waals surface area (Å²) >= 11 is 0. The normalized spacial score (nSPS) is 11.3. The third-order valence-electron chi connectivity index (χ3n) is 3.42. The van der Waals surface area contributed by atoms with Gasteiger partial charge in [0.15, 0.2) is 0 Å². The van der Waals surface area contributed by atoms with Crippen LogP contribution in [-0.2, 0) is 13.0 Å². The van der Waals surface area contributed by atoms with Gasteiger partial charge in [-0.2, -0.15) is 0 Å². The lowest BCUT2D eigenvalue weighted by Crippen LogP contribution is -1.91. The predicted octanol–water partition coefficient (Wildman–Crippen LogP) is 4.46. The fraction of sp³-hybridized carbons (Fsp3) is 0.389. The molecule has 21 heavy (non-hydrogen) atoms. The molecule has 112 valence electrons. The second-order valence-corrected chi connectivity index (χ2v) is 5.13. The van der Waals surface area contributed by atoms with Crippen LogP contribution in [-0.4, -0.2) is 10.1 Å². The zero-order chi connectivity index (χ0) is 14.9. The molecule has 3 heteroatoms. The van der Waals surface area contributed by atoms with E-state index in [1.807, 2.05) is 42.5 Å². The summed E-state index contributed by atoms with van der Waals surface area (Å²) in [5, 5.41) is 9.37. The summed E-state index contributed by atoms with van der Waals surface area (Å²) < 4.78 is 5.75. The van der Waals surface area contributed by atoms with Crippen molar-refractivity contribution in [2.24, 2.45) is 0 Å². The summed E-state index contributed by atoms with van der Waals surface area (Å²) in [5.74, 6) is 1.38. The number of nitrogens with zero attached hydrogens (tertiary/aromatic N) is 1. The average molecular weight is 285 g/mol. The second kappa shape index (κ2) is 8.42. The number of unbranched alkanes of at least 4 members (excludes halogenated alkanes) is 3. The Morgan fingerprint density at radius 3 is 2.62 bits per heavy atom. The van der Waals surface area contributed by atoms with Crippen LogP contribution in [0.4, 0.5) is 0 Å². The highest BCUT2D eigenvalue weighted by Gasteiger charge is 2.10. The number of aliphatic hydroxyl groups excluding tert-OH is 1. The molecule has 0 aliphatic carbocycles. The standard InChI is InChI=1S/C18H23NO2/c1-2-3-4-8-11-17-16(14-20)19-18(21-17)13-12-15-9-6-5-7-10-15/h5-7,9-10,12-13,20H,2-4,8,11,14H2,1H3. The number of aliphatic hydroxyl groups is 1. The first-order valence-electron chi connectivity index (χ1n) is 7.66. The molecule has 0 aliphatic heterocycles. The minimum absolute atomic E-state index is 0.0637. The highest BCUT2D eigenvalue weighted by molar-refractivity contribution is 5.65. The van der Waals surface area contributed by atoms with E-state index in [1.54, 1.807) is 0 Å². The number of aryl methyl sites for hydroxylation is 1. The van der Waals surface area contributed by atoms with Crippen LogP contribution >= 0.6 is 0 Å². The van der Waals surface area contributed by atoms with Crippen molar-refractivity contribution in [3.8, 4) is 0 Å². The van der Waals surface area contributed by atoms with E-state index >= 15 is 0 Å². The van der Waals surface area contributed by atoms with Crippen molar-refractivity contribution in [3.63, 3.8) is 0 Å². The number of rotatable bonds is 8. The lowest BCUT2D eigenvalue weighted by molar-refractivity contribution is 0.274. The number of hydrogen-bond acceptors (Lipinski definition) is 3. The van der Waals surface area contributed by atoms with Gasteiger partial charge in [0.2, 0.25) is 5.89 Å². The Morgan fingerprint density at radius 1 is 1.10 bits per heavy atom. The molecule has 0 radical (unpaired) electrons. The minimum atomic E-state index is -0.0637. The van der Waals surface area contributed by atoms with Crippen molar-refractivity contribution in [1.82, 2.24) is 4.98 Å². The molecule has 0 unspecified atom stereocenters. The summed E-state index contributed by atoms with van der Waals surface area (Å²) in [7, 11) is 0. The minimum Gasteiger partial charge on any atom is -0.441 e. The van der Waals surface area contributed by atoms with E-state index in [1.165, 1.54) is 19.3 Å². The van der Waals surface area contributed by atoms with Crippen molar-refractivity contribution in [2.45, 2.75) is 45.6 Å². The molecule has 1 aromatic carbocycles. The van der Waals surface area contributed by atoms with Crippen molar-refractivity contribution in [2.75, 3.05) is 0 Å². The Morgan fingerprint density at radius 2 is 1.90 bits per heavy atom. The highest BCUT2D eigenvalue weighted by atomic mass is 16.4. The number of hydrogen-bond donors (Lipinski definition) is 1. The van der Waals surface area contributed by atoms with E-state index < -0.39 is 0 Å². The number of benzene rings is 1. The molecule has 0 fully saturated rings. The van der Waals surface area contributed by atoms with Crippen molar-refractivity contribution in [3.05, 3.63) is 53.2 Å². The third kappa shape index (κ3) is 4.87. The molecule has 0 aliphatic rings. The van der Waals surface area contributed by atoms with Crippen LogP contribution < -0.4 is 0 Å². The van der Waals surface area contributed by atoms with Gasteiger partial charge >= 0.3 is 0 Å². The van der Waals surface area contributed by atoms with E-state index in [0.717, 1.165) is 24.2 Å². The van der Waals surface area contributed by atoms with Gasteiger partial charge in [-0.25, -0.2) is 4.98 Å². The number of aromatic nitrogens is 1. The maximum absolute atomic E-state index is 9.37. The van der Waals surface area contributed by atoms with Gasteiger partial charge in [-0.1, -0.05) is 56.5 Å². The molecular formula is C18H23NO2. The van der Waals surface area contributed by atoms with Gasteiger partial charge in [0.05, 0.1) is 6.61 Å². The van der Waals surface area contributed by atoms with Crippen LogP contribution in [0.3, 0.4) is 0 Å². The quantitative estimate of drug-likeness (QED) is 0.728. The molecule has 2 rings (SSSR count). The fourth-order valence-electron chi connectivity index (χ4n) is 2.24. The lowest BCUT2D eigenvalue weighted by atomic mass is 10.1. The molecule has 2 aromatic rings. The van der Waals surface area contributed by atoms with E-state index in [4.69, 9.17) is 4.42 Å². The molecule has 1 N–H and O–H groups in total. The van der Waals surface area contributed by atoms with Crippen molar-refractivity contribution < 1.29 is 9.52 Å². The van der Waals surface area contributed by atoms with Crippen LogP contribution in [0, 0.1) is 0 Å².